The van der Waals surface area contributed by atoms with Crippen LogP contribution in [0.4, 0.5) is 5.69 Å². The van der Waals surface area contributed by atoms with Crippen LogP contribution < -0.4 is 31.6 Å². The molecule has 0 bridgehead atoms. The zero-order valence-corrected chi connectivity index (χ0v) is 29.0. The molecular weight excluding hydrogens is 604 g/mol. The molecule has 3 aromatic rings. The van der Waals surface area contributed by atoms with Crippen LogP contribution in [-0.2, 0) is 12.0 Å². The van der Waals surface area contributed by atoms with Crippen molar-refractivity contribution < 1.29 is 31.1 Å². The van der Waals surface area contributed by atoms with Crippen LogP contribution in [0.5, 0.6) is 5.75 Å². The largest absolute Gasteiger partial charge is 1.00 e. The number of aryl methyl sites for hydroxylation is 1. The lowest BCUT2D eigenvalue weighted by atomic mass is 9.86. The fourth-order valence-corrected chi connectivity index (χ4v) is 5.83. The van der Waals surface area contributed by atoms with Crippen LogP contribution in [0, 0.1) is 6.92 Å². The van der Waals surface area contributed by atoms with Gasteiger partial charge in [-0.25, -0.2) is 0 Å². The fourth-order valence-electron chi connectivity index (χ4n) is 5.19. The zero-order valence-electron chi connectivity index (χ0n) is 26.6. The topological polar surface area (TPSA) is 42.2 Å². The van der Waals surface area contributed by atoms with E-state index in [4.69, 9.17) is 4.74 Å². The number of nitrogens with zero attached hydrogens (tertiary/aromatic N) is 1. The van der Waals surface area contributed by atoms with Crippen molar-refractivity contribution in [3.05, 3.63) is 75.7 Å². The summed E-state index contributed by atoms with van der Waals surface area (Å²) in [6.07, 6.45) is 18.0. The van der Waals surface area contributed by atoms with Gasteiger partial charge < -0.3 is 27.0 Å². The summed E-state index contributed by atoms with van der Waals surface area (Å²) in [7, 11) is 0. The molecule has 0 fully saturated rings. The van der Waals surface area contributed by atoms with Crippen molar-refractivity contribution in [2.45, 2.75) is 124 Å². The van der Waals surface area contributed by atoms with Crippen LogP contribution in [0.2, 0.25) is 0 Å². The standard InChI is InChI=1S/C36H52N2O2S.BrH/c1-6-7-8-9-10-11-12-13-14-15-16-17-25-40-34-32(36(3,4)5)19-18-20-33(34)37-35(39)31-23-21-30(22-24-31)27-38-26-29(2)41-28-38;/h18-24,26,28H,6-17,25,27H2,1-5H3;1H. The van der Waals surface area contributed by atoms with E-state index in [0.717, 1.165) is 30.0 Å². The zero-order chi connectivity index (χ0) is 29.5. The molecule has 0 aliphatic rings. The number of benzene rings is 2. The molecule has 0 spiro atoms. The number of hydrogen-bond donors (Lipinski definition) is 1. The van der Waals surface area contributed by atoms with Crippen molar-refractivity contribution in [1.82, 2.24) is 0 Å². The van der Waals surface area contributed by atoms with Crippen molar-refractivity contribution >= 4 is 22.9 Å². The van der Waals surface area contributed by atoms with Gasteiger partial charge in [0.2, 0.25) is 5.51 Å². The van der Waals surface area contributed by atoms with E-state index in [1.165, 1.54) is 81.1 Å². The number of nitrogens with one attached hydrogen (secondary N) is 1. The Morgan fingerprint density at radius 1 is 0.857 bits per heavy atom. The van der Waals surface area contributed by atoms with Gasteiger partial charge in [-0.3, -0.25) is 4.79 Å². The molecule has 0 saturated carbocycles. The van der Waals surface area contributed by atoms with E-state index in [0.29, 0.717) is 12.2 Å². The number of ether oxygens (including phenoxy) is 1. The monoisotopic (exact) mass is 656 g/mol. The molecule has 1 heterocycles. The lowest BCUT2D eigenvalue weighted by Crippen LogP contribution is -3.00. The van der Waals surface area contributed by atoms with Crippen LogP contribution >= 0.6 is 11.3 Å². The molecule has 2 aromatic carbocycles. The van der Waals surface area contributed by atoms with E-state index >= 15 is 0 Å². The highest BCUT2D eigenvalue weighted by Crippen LogP contribution is 2.37. The highest BCUT2D eigenvalue weighted by molar-refractivity contribution is 7.09. The van der Waals surface area contributed by atoms with Gasteiger partial charge in [0.1, 0.15) is 5.75 Å². The summed E-state index contributed by atoms with van der Waals surface area (Å²) in [4.78, 5) is 14.5. The first-order valence-electron chi connectivity index (χ1n) is 15.9. The normalized spacial score (nSPS) is 11.3. The van der Waals surface area contributed by atoms with E-state index in [9.17, 15) is 4.79 Å². The van der Waals surface area contributed by atoms with Crippen LogP contribution in [0.1, 0.15) is 131 Å². The summed E-state index contributed by atoms with van der Waals surface area (Å²) in [6, 6.07) is 14.0. The number of halogens is 1. The second-order valence-electron chi connectivity index (χ2n) is 12.5. The van der Waals surface area contributed by atoms with E-state index in [1.807, 2.05) is 36.4 Å². The third kappa shape index (κ3) is 12.6. The predicted molar refractivity (Wildman–Crippen MR) is 174 cm³/mol. The summed E-state index contributed by atoms with van der Waals surface area (Å²) >= 11 is 1.74. The van der Waals surface area contributed by atoms with Crippen molar-refractivity contribution in [3.8, 4) is 5.75 Å². The van der Waals surface area contributed by atoms with Crippen LogP contribution in [-0.4, -0.2) is 12.5 Å². The number of hydrogen-bond acceptors (Lipinski definition) is 3. The number of carbonyl (C=O) groups is 1. The van der Waals surface area contributed by atoms with E-state index in [2.05, 4.69) is 62.3 Å². The van der Waals surface area contributed by atoms with Crippen molar-refractivity contribution in [3.63, 3.8) is 0 Å². The first-order valence-corrected chi connectivity index (χ1v) is 16.8. The Morgan fingerprint density at radius 3 is 2.00 bits per heavy atom. The number of anilines is 1. The maximum atomic E-state index is 13.2. The number of aromatic nitrogens is 1. The molecule has 3 rings (SSSR count). The van der Waals surface area contributed by atoms with Gasteiger partial charge in [-0.1, -0.05) is 134 Å². The second kappa shape index (κ2) is 19.2. The molecule has 0 saturated heterocycles. The van der Waals surface area contributed by atoms with Gasteiger partial charge in [0.05, 0.1) is 17.2 Å². The highest BCUT2D eigenvalue weighted by atomic mass is 79.9. The first-order chi connectivity index (χ1) is 19.8. The molecule has 0 aliphatic carbocycles. The van der Waals surface area contributed by atoms with Gasteiger partial charge in [0, 0.05) is 16.7 Å². The minimum atomic E-state index is -0.114. The maximum Gasteiger partial charge on any atom is 0.255 e. The smallest absolute Gasteiger partial charge is 0.255 e. The van der Waals surface area contributed by atoms with Gasteiger partial charge in [0.15, 0.2) is 12.7 Å². The molecule has 1 N–H and O–H groups in total. The number of para-hydroxylation sites is 1. The van der Waals surface area contributed by atoms with Crippen molar-refractivity contribution in [2.24, 2.45) is 0 Å². The first kappa shape index (κ1) is 36.0. The number of carbonyl (C=O) groups excluding carboxylic acids is 1. The second-order valence-corrected chi connectivity index (χ2v) is 13.5. The molecule has 4 nitrogen and oxygen atoms in total. The average Bonchev–Trinajstić information content (AvgIpc) is 3.35. The molecular formula is C36H53BrN2O2S. The quantitative estimate of drug-likeness (QED) is 0.118. The minimum Gasteiger partial charge on any atom is -1.00 e. The average molecular weight is 658 g/mol. The van der Waals surface area contributed by atoms with Gasteiger partial charge >= 0.3 is 0 Å². The molecule has 1 amide bonds. The van der Waals surface area contributed by atoms with Gasteiger partial charge in [-0.2, -0.15) is 4.57 Å². The minimum absolute atomic E-state index is 0. The number of amides is 1. The SMILES string of the molecule is CCCCCCCCCCCCCCOc1c(NC(=O)c2ccc(C[n+]3csc(C)c3)cc2)cccc1C(C)(C)C.[Br-]. The Kier molecular flexibility index (Phi) is 16.4. The summed E-state index contributed by atoms with van der Waals surface area (Å²) in [5, 5.41) is 3.14. The number of unbranched alkanes of at least 4 members (excludes halogenated alkanes) is 11. The Morgan fingerprint density at radius 2 is 1.45 bits per heavy atom. The third-order valence-electron chi connectivity index (χ3n) is 7.62. The van der Waals surface area contributed by atoms with Crippen LogP contribution in [0.15, 0.2) is 54.2 Å². The lowest BCUT2D eigenvalue weighted by Gasteiger charge is -2.25. The predicted octanol–water partition coefficient (Wildman–Crippen LogP) is 7.03. The molecule has 0 radical (unpaired) electrons. The van der Waals surface area contributed by atoms with Crippen LogP contribution in [0.3, 0.4) is 0 Å². The van der Waals surface area contributed by atoms with Gasteiger partial charge in [-0.15, -0.1) is 0 Å². The van der Waals surface area contributed by atoms with E-state index < -0.39 is 0 Å². The molecule has 0 unspecified atom stereocenters. The molecule has 1 aromatic heterocycles. The highest BCUT2D eigenvalue weighted by Gasteiger charge is 2.22. The molecule has 6 heteroatoms. The Bertz CT molecular complexity index is 1180. The summed E-state index contributed by atoms with van der Waals surface area (Å²) in [5.41, 5.74) is 5.71. The Labute approximate surface area is 270 Å². The number of rotatable bonds is 18. The molecule has 0 atom stereocenters. The maximum absolute atomic E-state index is 13.2. The van der Waals surface area contributed by atoms with Gasteiger partial charge in [0.25, 0.3) is 5.91 Å². The molecule has 232 valence electrons. The van der Waals surface area contributed by atoms with Crippen LogP contribution in [0.25, 0.3) is 0 Å². The van der Waals surface area contributed by atoms with E-state index in [1.54, 1.807) is 11.3 Å². The Hall–Kier alpha value is -2.18. The summed E-state index contributed by atoms with van der Waals surface area (Å²) in [6.45, 7) is 12.4. The molecule has 42 heavy (non-hydrogen) atoms. The van der Waals surface area contributed by atoms with Crippen molar-refractivity contribution in [1.29, 1.82) is 0 Å². The summed E-state index contributed by atoms with van der Waals surface area (Å²) < 4.78 is 8.57. The third-order valence-corrected chi connectivity index (χ3v) is 8.47. The Balaban J connectivity index is 0.00000616. The van der Waals surface area contributed by atoms with Gasteiger partial charge in [-0.05, 0) is 37.0 Å². The summed E-state index contributed by atoms with van der Waals surface area (Å²) in [5.74, 6) is 0.689. The lowest BCUT2D eigenvalue weighted by molar-refractivity contribution is -0.683. The van der Waals surface area contributed by atoms with Crippen molar-refractivity contribution in [2.75, 3.05) is 11.9 Å². The fraction of sp³-hybridized carbons (Fsp3) is 0.556. The number of thiazole rings is 1. The molecule has 0 aliphatic heterocycles. The van der Waals surface area contributed by atoms with E-state index in [-0.39, 0.29) is 28.3 Å².